The van der Waals surface area contributed by atoms with Gasteiger partial charge in [-0.3, -0.25) is 0 Å². The van der Waals surface area contributed by atoms with E-state index < -0.39 is 0 Å². The number of furan rings is 1. The van der Waals surface area contributed by atoms with Crippen LogP contribution in [-0.2, 0) is 4.74 Å². The number of nitrogens with two attached hydrogens (primary N) is 1. The van der Waals surface area contributed by atoms with Crippen LogP contribution in [0.1, 0.15) is 38.1 Å². The van der Waals surface area contributed by atoms with E-state index in [0.29, 0.717) is 6.61 Å². The van der Waals surface area contributed by atoms with Crippen molar-refractivity contribution in [3.05, 3.63) is 35.6 Å². The molecule has 1 unspecified atom stereocenters. The van der Waals surface area contributed by atoms with E-state index >= 15 is 0 Å². The van der Waals surface area contributed by atoms with Gasteiger partial charge in [0.25, 0.3) is 0 Å². The highest BCUT2D eigenvalue weighted by molar-refractivity contribution is 5.80. The van der Waals surface area contributed by atoms with E-state index in [1.54, 1.807) is 0 Å². The van der Waals surface area contributed by atoms with Crippen molar-refractivity contribution < 1.29 is 9.15 Å². The second-order valence-electron chi connectivity index (χ2n) is 5.67. The van der Waals surface area contributed by atoms with Crippen molar-refractivity contribution in [1.82, 2.24) is 0 Å². The largest absolute Gasteiger partial charge is 0.459 e. The van der Waals surface area contributed by atoms with E-state index in [4.69, 9.17) is 14.9 Å². The third kappa shape index (κ3) is 2.92. The van der Waals surface area contributed by atoms with Gasteiger partial charge in [0.1, 0.15) is 11.3 Å². The van der Waals surface area contributed by atoms with Gasteiger partial charge in [-0.05, 0) is 39.3 Å². The Kier molecular flexibility index (Phi) is 3.46. The minimum Gasteiger partial charge on any atom is -0.459 e. The minimum atomic E-state index is -0.226. The molecule has 0 aliphatic carbocycles. The monoisotopic (exact) mass is 247 g/mol. The van der Waals surface area contributed by atoms with Gasteiger partial charge >= 0.3 is 0 Å². The number of rotatable bonds is 3. The zero-order valence-electron chi connectivity index (χ0n) is 11.5. The summed E-state index contributed by atoms with van der Waals surface area (Å²) in [6.45, 7) is 8.54. The van der Waals surface area contributed by atoms with Crippen LogP contribution in [0.5, 0.6) is 0 Å². The molecule has 2 aromatic rings. The maximum absolute atomic E-state index is 6.10. The Bertz CT molecular complexity index is 537. The summed E-state index contributed by atoms with van der Waals surface area (Å²) in [5, 5.41) is 1.09. The maximum atomic E-state index is 6.10. The summed E-state index contributed by atoms with van der Waals surface area (Å²) >= 11 is 0. The first-order chi connectivity index (χ1) is 8.37. The highest BCUT2D eigenvalue weighted by Crippen LogP contribution is 2.26. The van der Waals surface area contributed by atoms with Gasteiger partial charge < -0.3 is 14.9 Å². The number of benzene rings is 1. The van der Waals surface area contributed by atoms with Crippen LogP contribution in [-0.4, -0.2) is 12.2 Å². The molecule has 2 rings (SSSR count). The fraction of sp³-hybridized carbons (Fsp3) is 0.467. The average Bonchev–Trinajstić information content (AvgIpc) is 2.70. The Hall–Kier alpha value is -1.32. The molecule has 98 valence electrons. The van der Waals surface area contributed by atoms with E-state index in [1.807, 2.05) is 52.0 Å². The summed E-state index contributed by atoms with van der Waals surface area (Å²) in [7, 11) is 0. The van der Waals surface area contributed by atoms with Crippen LogP contribution >= 0.6 is 0 Å². The highest BCUT2D eigenvalue weighted by Gasteiger charge is 2.17. The molecule has 0 bridgehead atoms. The molecule has 0 amide bonds. The minimum absolute atomic E-state index is 0.181. The number of ether oxygens (including phenoxy) is 1. The Labute approximate surface area is 108 Å². The van der Waals surface area contributed by atoms with Crippen LogP contribution in [0.2, 0.25) is 0 Å². The van der Waals surface area contributed by atoms with Crippen LogP contribution < -0.4 is 5.73 Å². The lowest BCUT2D eigenvalue weighted by Crippen LogP contribution is -2.26. The van der Waals surface area contributed by atoms with Crippen LogP contribution in [0.3, 0.4) is 0 Å². The molecular formula is C15H21NO2. The average molecular weight is 247 g/mol. The molecule has 0 spiro atoms. The summed E-state index contributed by atoms with van der Waals surface area (Å²) in [4.78, 5) is 0. The smallest absolute Gasteiger partial charge is 0.137 e. The first-order valence-electron chi connectivity index (χ1n) is 6.25. The summed E-state index contributed by atoms with van der Waals surface area (Å²) in [5.74, 6) is 0.781. The molecule has 0 radical (unpaired) electrons. The van der Waals surface area contributed by atoms with E-state index in [2.05, 4.69) is 0 Å². The molecule has 1 aromatic carbocycles. The predicted molar refractivity (Wildman–Crippen MR) is 73.6 cm³/mol. The van der Waals surface area contributed by atoms with E-state index in [1.165, 1.54) is 0 Å². The molecule has 0 fully saturated rings. The SMILES string of the molecule is Cc1cccc2cc(C(N)COC(C)(C)C)oc12. The topological polar surface area (TPSA) is 48.4 Å². The molecule has 0 aliphatic rings. The van der Waals surface area contributed by atoms with Gasteiger partial charge in [-0.2, -0.15) is 0 Å². The zero-order valence-corrected chi connectivity index (χ0v) is 11.5. The lowest BCUT2D eigenvalue weighted by atomic mass is 10.1. The first kappa shape index (κ1) is 13.1. The number of fused-ring (bicyclic) bond motifs is 1. The van der Waals surface area contributed by atoms with Gasteiger partial charge in [0, 0.05) is 5.39 Å². The van der Waals surface area contributed by atoms with Gasteiger partial charge in [0.2, 0.25) is 0 Å². The molecular weight excluding hydrogens is 226 g/mol. The van der Waals surface area contributed by atoms with Crippen molar-refractivity contribution in [3.63, 3.8) is 0 Å². The molecule has 3 heteroatoms. The van der Waals surface area contributed by atoms with E-state index in [9.17, 15) is 0 Å². The van der Waals surface area contributed by atoms with Crippen molar-refractivity contribution >= 4 is 11.0 Å². The highest BCUT2D eigenvalue weighted by atomic mass is 16.5. The predicted octanol–water partition coefficient (Wildman–Crippen LogP) is 3.56. The first-order valence-corrected chi connectivity index (χ1v) is 6.25. The lowest BCUT2D eigenvalue weighted by molar-refractivity contribution is -0.0122. The summed E-state index contributed by atoms with van der Waals surface area (Å²) in [6, 6.07) is 7.86. The molecule has 3 nitrogen and oxygen atoms in total. The Morgan fingerprint density at radius 3 is 2.67 bits per heavy atom. The van der Waals surface area contributed by atoms with E-state index in [-0.39, 0.29) is 11.6 Å². The Morgan fingerprint density at radius 1 is 1.33 bits per heavy atom. The lowest BCUT2D eigenvalue weighted by Gasteiger charge is -2.21. The van der Waals surface area contributed by atoms with Crippen molar-refractivity contribution in [1.29, 1.82) is 0 Å². The van der Waals surface area contributed by atoms with Crippen LogP contribution in [0, 0.1) is 6.92 Å². The molecule has 0 saturated heterocycles. The second kappa shape index (κ2) is 4.75. The third-order valence-electron chi connectivity index (χ3n) is 2.82. The Morgan fingerprint density at radius 2 is 2.06 bits per heavy atom. The van der Waals surface area contributed by atoms with E-state index in [0.717, 1.165) is 22.3 Å². The summed E-state index contributed by atoms with van der Waals surface area (Å²) in [5.41, 5.74) is 7.96. The van der Waals surface area contributed by atoms with Crippen molar-refractivity contribution in [3.8, 4) is 0 Å². The quantitative estimate of drug-likeness (QED) is 0.902. The molecule has 2 N–H and O–H groups in total. The Balaban J connectivity index is 2.18. The van der Waals surface area contributed by atoms with Gasteiger partial charge in [-0.15, -0.1) is 0 Å². The zero-order chi connectivity index (χ0) is 13.3. The van der Waals surface area contributed by atoms with Gasteiger partial charge in [0.15, 0.2) is 0 Å². The second-order valence-corrected chi connectivity index (χ2v) is 5.67. The number of para-hydroxylation sites is 1. The molecule has 1 heterocycles. The number of hydrogen-bond donors (Lipinski definition) is 1. The van der Waals surface area contributed by atoms with Gasteiger partial charge in [-0.25, -0.2) is 0 Å². The fourth-order valence-electron chi connectivity index (χ4n) is 1.83. The number of aryl methyl sites for hydroxylation is 1. The normalized spacial score (nSPS) is 14.1. The number of hydrogen-bond acceptors (Lipinski definition) is 3. The summed E-state index contributed by atoms with van der Waals surface area (Å²) < 4.78 is 11.5. The van der Waals surface area contributed by atoms with Crippen molar-refractivity contribution in [2.45, 2.75) is 39.3 Å². The summed E-state index contributed by atoms with van der Waals surface area (Å²) in [6.07, 6.45) is 0. The third-order valence-corrected chi connectivity index (χ3v) is 2.82. The molecule has 1 atom stereocenters. The van der Waals surface area contributed by atoms with Crippen molar-refractivity contribution in [2.75, 3.05) is 6.61 Å². The molecule has 0 saturated carbocycles. The van der Waals surface area contributed by atoms with Gasteiger partial charge in [-0.1, -0.05) is 18.2 Å². The van der Waals surface area contributed by atoms with Gasteiger partial charge in [0.05, 0.1) is 18.2 Å². The molecule has 1 aromatic heterocycles. The van der Waals surface area contributed by atoms with Crippen LogP contribution in [0.15, 0.2) is 28.7 Å². The maximum Gasteiger partial charge on any atom is 0.137 e. The van der Waals surface area contributed by atoms with Crippen LogP contribution in [0.25, 0.3) is 11.0 Å². The standard InChI is InChI=1S/C15H21NO2/c1-10-6-5-7-11-8-13(18-14(10)11)12(16)9-17-15(2,3)4/h5-8,12H,9,16H2,1-4H3. The fourth-order valence-corrected chi connectivity index (χ4v) is 1.83. The molecule has 0 aliphatic heterocycles. The van der Waals surface area contributed by atoms with Crippen molar-refractivity contribution in [2.24, 2.45) is 5.73 Å². The molecule has 18 heavy (non-hydrogen) atoms. The van der Waals surface area contributed by atoms with Crippen LogP contribution in [0.4, 0.5) is 0 Å².